The van der Waals surface area contributed by atoms with Crippen molar-refractivity contribution in [2.24, 2.45) is 5.90 Å². The van der Waals surface area contributed by atoms with Crippen LogP contribution >= 0.6 is 11.3 Å². The third-order valence-corrected chi connectivity index (χ3v) is 3.62. The third-order valence-electron chi connectivity index (χ3n) is 2.65. The van der Waals surface area contributed by atoms with Crippen LogP contribution in [0.15, 0.2) is 29.6 Å². The van der Waals surface area contributed by atoms with Gasteiger partial charge < -0.3 is 4.84 Å². The third kappa shape index (κ3) is 1.91. The quantitative estimate of drug-likeness (QED) is 0.808. The van der Waals surface area contributed by atoms with E-state index in [9.17, 15) is 0 Å². The minimum atomic E-state index is -0.0334. The van der Waals surface area contributed by atoms with Crippen LogP contribution in [0.25, 0.3) is 10.1 Å². The number of rotatable bonds is 3. The van der Waals surface area contributed by atoms with Crippen LogP contribution in [0, 0.1) is 0 Å². The molecule has 0 saturated heterocycles. The lowest BCUT2D eigenvalue weighted by Crippen LogP contribution is -2.25. The summed E-state index contributed by atoms with van der Waals surface area (Å²) in [6.45, 7) is 4.83. The molecule has 2 N–H and O–H groups in total. The number of fused-ring (bicyclic) bond motifs is 1. The van der Waals surface area contributed by atoms with Gasteiger partial charge in [-0.2, -0.15) is 0 Å². The Labute approximate surface area is 93.6 Å². The maximum absolute atomic E-state index is 5.17. The summed E-state index contributed by atoms with van der Waals surface area (Å²) in [6, 6.07) is 8.43. The molecule has 1 heterocycles. The first kappa shape index (κ1) is 10.6. The van der Waals surface area contributed by atoms with E-state index in [-0.39, 0.29) is 5.41 Å². The van der Waals surface area contributed by atoms with Gasteiger partial charge in [0.1, 0.15) is 0 Å². The van der Waals surface area contributed by atoms with Gasteiger partial charge in [-0.3, -0.25) is 0 Å². The molecule has 2 aromatic rings. The van der Waals surface area contributed by atoms with Crippen LogP contribution in [0.4, 0.5) is 0 Å². The normalized spacial score (nSPS) is 12.2. The van der Waals surface area contributed by atoms with E-state index in [2.05, 4.69) is 43.5 Å². The van der Waals surface area contributed by atoms with Crippen molar-refractivity contribution in [1.82, 2.24) is 0 Å². The summed E-state index contributed by atoms with van der Waals surface area (Å²) in [5.41, 5.74) is 1.28. The Balaban J connectivity index is 2.52. The second-order valence-electron chi connectivity index (χ2n) is 4.34. The summed E-state index contributed by atoms with van der Waals surface area (Å²) in [6.07, 6.45) is 0. The van der Waals surface area contributed by atoms with Gasteiger partial charge in [-0.1, -0.05) is 32.0 Å². The van der Waals surface area contributed by atoms with Crippen LogP contribution in [0.1, 0.15) is 19.4 Å². The Morgan fingerprint density at radius 1 is 1.33 bits per heavy atom. The van der Waals surface area contributed by atoms with Gasteiger partial charge in [0.25, 0.3) is 0 Å². The molecule has 2 rings (SSSR count). The molecule has 3 heteroatoms. The first-order valence-corrected chi connectivity index (χ1v) is 5.81. The molecule has 0 fully saturated rings. The number of benzene rings is 1. The molecular weight excluding hydrogens is 206 g/mol. The molecule has 0 unspecified atom stereocenters. The van der Waals surface area contributed by atoms with Crippen LogP contribution < -0.4 is 5.90 Å². The molecule has 0 bridgehead atoms. The van der Waals surface area contributed by atoms with E-state index < -0.39 is 0 Å². The van der Waals surface area contributed by atoms with E-state index in [0.717, 1.165) is 0 Å². The zero-order chi connectivity index (χ0) is 10.9. The van der Waals surface area contributed by atoms with Crippen molar-refractivity contribution < 1.29 is 4.84 Å². The molecule has 0 amide bonds. The molecule has 0 aliphatic heterocycles. The van der Waals surface area contributed by atoms with Gasteiger partial charge in [0.2, 0.25) is 0 Å². The highest BCUT2D eigenvalue weighted by Crippen LogP contribution is 2.34. The first-order chi connectivity index (χ1) is 7.15. The van der Waals surface area contributed by atoms with Crippen LogP contribution in [-0.2, 0) is 10.3 Å². The highest BCUT2D eigenvalue weighted by molar-refractivity contribution is 7.17. The highest BCUT2D eigenvalue weighted by Gasteiger charge is 2.23. The van der Waals surface area contributed by atoms with E-state index in [1.165, 1.54) is 15.6 Å². The summed E-state index contributed by atoms with van der Waals surface area (Å²) in [7, 11) is 0. The summed E-state index contributed by atoms with van der Waals surface area (Å²) >= 11 is 1.77. The first-order valence-electron chi connectivity index (χ1n) is 4.93. The predicted octanol–water partition coefficient (Wildman–Crippen LogP) is 3.07. The topological polar surface area (TPSA) is 35.2 Å². The highest BCUT2D eigenvalue weighted by atomic mass is 32.1. The van der Waals surface area contributed by atoms with Crippen LogP contribution in [-0.4, -0.2) is 6.61 Å². The van der Waals surface area contributed by atoms with Crippen molar-refractivity contribution in [3.05, 3.63) is 35.2 Å². The van der Waals surface area contributed by atoms with Crippen LogP contribution in [0.2, 0.25) is 0 Å². The van der Waals surface area contributed by atoms with Crippen molar-refractivity contribution in [2.45, 2.75) is 19.3 Å². The van der Waals surface area contributed by atoms with Crippen molar-refractivity contribution >= 4 is 21.4 Å². The van der Waals surface area contributed by atoms with Crippen molar-refractivity contribution in [1.29, 1.82) is 0 Å². The summed E-state index contributed by atoms with van der Waals surface area (Å²) in [5.74, 6) is 5.17. The van der Waals surface area contributed by atoms with E-state index in [0.29, 0.717) is 6.61 Å². The van der Waals surface area contributed by atoms with Crippen molar-refractivity contribution in [3.8, 4) is 0 Å². The summed E-state index contributed by atoms with van der Waals surface area (Å²) < 4.78 is 1.32. The Hall–Kier alpha value is -0.900. The Bertz CT molecular complexity index is 461. The summed E-state index contributed by atoms with van der Waals surface area (Å²) in [4.78, 5) is 4.78. The average Bonchev–Trinajstić information content (AvgIpc) is 2.61. The molecule has 0 saturated carbocycles. The number of thiophene rings is 1. The van der Waals surface area contributed by atoms with Gasteiger partial charge in [0.05, 0.1) is 6.61 Å². The molecular formula is C12H15NOS. The number of hydrogen-bond donors (Lipinski definition) is 1. The Kier molecular flexibility index (Phi) is 2.78. The fraction of sp³-hybridized carbons (Fsp3) is 0.333. The predicted molar refractivity (Wildman–Crippen MR) is 65.0 cm³/mol. The smallest absolute Gasteiger partial charge is 0.0771 e. The van der Waals surface area contributed by atoms with Crippen molar-refractivity contribution in [2.75, 3.05) is 6.61 Å². The fourth-order valence-corrected chi connectivity index (χ4v) is 2.94. The fourth-order valence-electron chi connectivity index (χ4n) is 1.79. The van der Waals surface area contributed by atoms with Crippen molar-refractivity contribution in [3.63, 3.8) is 0 Å². The Morgan fingerprint density at radius 3 is 2.80 bits per heavy atom. The number of nitrogens with two attached hydrogens (primary N) is 1. The van der Waals surface area contributed by atoms with Gasteiger partial charge >= 0.3 is 0 Å². The molecule has 0 spiro atoms. The molecule has 15 heavy (non-hydrogen) atoms. The second-order valence-corrected chi connectivity index (χ2v) is 5.25. The monoisotopic (exact) mass is 221 g/mol. The number of hydrogen-bond acceptors (Lipinski definition) is 3. The molecule has 0 aliphatic rings. The van der Waals surface area contributed by atoms with Gasteiger partial charge in [-0.05, 0) is 22.4 Å². The Morgan fingerprint density at radius 2 is 2.07 bits per heavy atom. The zero-order valence-electron chi connectivity index (χ0n) is 8.99. The minimum absolute atomic E-state index is 0.0334. The molecule has 0 atom stereocenters. The van der Waals surface area contributed by atoms with Crippen LogP contribution in [0.3, 0.4) is 0 Å². The van der Waals surface area contributed by atoms with Gasteiger partial charge in [0.15, 0.2) is 0 Å². The summed E-state index contributed by atoms with van der Waals surface area (Å²) in [5, 5.41) is 3.51. The molecule has 1 aromatic heterocycles. The maximum Gasteiger partial charge on any atom is 0.0771 e. The second kappa shape index (κ2) is 3.93. The van der Waals surface area contributed by atoms with E-state index >= 15 is 0 Å². The lowest BCUT2D eigenvalue weighted by Gasteiger charge is -2.22. The lowest BCUT2D eigenvalue weighted by molar-refractivity contribution is 0.0970. The standard InChI is InChI=1S/C12H15NOS/c1-12(2,8-14-13)10-7-15-11-6-4-3-5-9(10)11/h3-7H,8,13H2,1-2H3. The molecule has 1 aromatic carbocycles. The molecule has 0 radical (unpaired) electrons. The lowest BCUT2D eigenvalue weighted by atomic mass is 9.85. The van der Waals surface area contributed by atoms with Gasteiger partial charge in [-0.15, -0.1) is 11.3 Å². The molecule has 80 valence electrons. The zero-order valence-corrected chi connectivity index (χ0v) is 9.80. The van der Waals surface area contributed by atoms with Crippen LogP contribution in [0.5, 0.6) is 0 Å². The minimum Gasteiger partial charge on any atom is -0.304 e. The molecule has 0 aliphatic carbocycles. The van der Waals surface area contributed by atoms with E-state index in [1.807, 2.05) is 0 Å². The van der Waals surface area contributed by atoms with E-state index in [4.69, 9.17) is 10.7 Å². The molecule has 2 nitrogen and oxygen atoms in total. The average molecular weight is 221 g/mol. The SMILES string of the molecule is CC(C)(CON)c1csc2ccccc12. The maximum atomic E-state index is 5.17. The van der Waals surface area contributed by atoms with Gasteiger partial charge in [-0.25, -0.2) is 5.90 Å². The largest absolute Gasteiger partial charge is 0.304 e. The van der Waals surface area contributed by atoms with E-state index in [1.54, 1.807) is 11.3 Å². The van der Waals surface area contributed by atoms with Gasteiger partial charge in [0, 0.05) is 10.1 Å².